The van der Waals surface area contributed by atoms with Crippen molar-refractivity contribution in [2.75, 3.05) is 13.3 Å². The Kier molecular flexibility index (Phi) is 3.29. The molecule has 0 aliphatic rings. The zero-order valence-electron chi connectivity index (χ0n) is 3.97. The molecule has 0 aliphatic heterocycles. The van der Waals surface area contributed by atoms with Gasteiger partial charge in [0.15, 0.2) is 0 Å². The van der Waals surface area contributed by atoms with Crippen LogP contribution in [0.2, 0.25) is 0 Å². The molecular weight excluding hydrogens is 99.0 g/mol. The summed E-state index contributed by atoms with van der Waals surface area (Å²) in [7, 11) is 0.120. The first kappa shape index (κ1) is 6.06. The third-order valence-electron chi connectivity index (χ3n) is 0.462. The highest BCUT2D eigenvalue weighted by Gasteiger charge is 1.85. The molecule has 6 heavy (non-hydrogen) atoms. The zero-order valence-corrected chi connectivity index (χ0v) is 4.87. The lowest BCUT2D eigenvalue weighted by Crippen LogP contribution is -1.66. The van der Waals surface area contributed by atoms with Gasteiger partial charge in [0, 0.05) is 13.3 Å². The maximum Gasteiger partial charge on any atom is 0.211 e. The van der Waals surface area contributed by atoms with Gasteiger partial charge in [-0.1, -0.05) is 6.92 Å². The molecule has 0 aromatic rings. The molecule has 1 radical (unpaired) electrons. The standard InChI is InChI=1S/C3H8O2P/c1-3-6(4)5-2/h3H2,1-2H3. The fourth-order valence-corrected chi connectivity index (χ4v) is 0.387. The summed E-state index contributed by atoms with van der Waals surface area (Å²) in [5.74, 6) is 0. The van der Waals surface area contributed by atoms with Crippen LogP contribution in [0.5, 0.6) is 0 Å². The van der Waals surface area contributed by atoms with Crippen LogP contribution >= 0.6 is 8.03 Å². The topological polar surface area (TPSA) is 26.3 Å². The van der Waals surface area contributed by atoms with Crippen molar-refractivity contribution in [1.29, 1.82) is 0 Å². The molecule has 1 atom stereocenters. The second-order valence-electron chi connectivity index (χ2n) is 0.832. The largest absolute Gasteiger partial charge is 0.307 e. The average Bonchev–Trinajstić information content (AvgIpc) is 1.65. The van der Waals surface area contributed by atoms with Gasteiger partial charge in [-0.15, -0.1) is 0 Å². The van der Waals surface area contributed by atoms with Crippen LogP contribution in [0.4, 0.5) is 0 Å². The molecule has 3 heteroatoms. The van der Waals surface area contributed by atoms with E-state index in [1.807, 2.05) is 6.92 Å². The molecule has 0 heterocycles. The summed E-state index contributed by atoms with van der Waals surface area (Å²) in [6.07, 6.45) is 0.617. The number of hydrogen-bond acceptors (Lipinski definition) is 2. The second-order valence-corrected chi connectivity index (χ2v) is 2.49. The second kappa shape index (κ2) is 3.26. The molecule has 0 fully saturated rings. The van der Waals surface area contributed by atoms with Crippen LogP contribution in [0.1, 0.15) is 6.92 Å². The summed E-state index contributed by atoms with van der Waals surface area (Å²) in [5.41, 5.74) is 0. The van der Waals surface area contributed by atoms with E-state index in [0.717, 1.165) is 0 Å². The van der Waals surface area contributed by atoms with E-state index < -0.39 is 8.03 Å². The lowest BCUT2D eigenvalue weighted by molar-refractivity contribution is 0.416. The Bertz CT molecular complexity index is 46.8. The highest BCUT2D eigenvalue weighted by Crippen LogP contribution is 2.17. The van der Waals surface area contributed by atoms with Crippen molar-refractivity contribution < 1.29 is 9.09 Å². The van der Waals surface area contributed by atoms with Gasteiger partial charge in [0.1, 0.15) is 0 Å². The summed E-state index contributed by atoms with van der Waals surface area (Å²) in [5, 5.41) is 0. The van der Waals surface area contributed by atoms with Gasteiger partial charge in [0.05, 0.1) is 0 Å². The predicted octanol–water partition coefficient (Wildman–Crippen LogP) is 1.40. The fourth-order valence-electron chi connectivity index (χ4n) is 0.129. The monoisotopic (exact) mass is 107 g/mol. The minimum Gasteiger partial charge on any atom is -0.307 e. The van der Waals surface area contributed by atoms with Crippen LogP contribution in [0, 0.1) is 0 Å². The first-order valence-electron chi connectivity index (χ1n) is 1.80. The first-order chi connectivity index (χ1) is 2.81. The van der Waals surface area contributed by atoms with Gasteiger partial charge in [-0.05, 0) is 0 Å². The van der Waals surface area contributed by atoms with Gasteiger partial charge >= 0.3 is 0 Å². The summed E-state index contributed by atoms with van der Waals surface area (Å²) < 4.78 is 14.5. The van der Waals surface area contributed by atoms with Crippen LogP contribution < -0.4 is 0 Å². The molecule has 0 saturated heterocycles. The lowest BCUT2D eigenvalue weighted by Gasteiger charge is -1.84. The highest BCUT2D eigenvalue weighted by molar-refractivity contribution is 7.39. The molecule has 0 N–H and O–H groups in total. The van der Waals surface area contributed by atoms with Crippen LogP contribution in [0.15, 0.2) is 0 Å². The van der Waals surface area contributed by atoms with Crippen molar-refractivity contribution in [2.45, 2.75) is 6.92 Å². The first-order valence-corrected chi connectivity index (χ1v) is 3.16. The number of hydrogen-bond donors (Lipinski definition) is 0. The Morgan fingerprint density at radius 3 is 2.33 bits per heavy atom. The van der Waals surface area contributed by atoms with E-state index in [0.29, 0.717) is 6.16 Å². The third kappa shape index (κ3) is 2.31. The van der Waals surface area contributed by atoms with E-state index >= 15 is 0 Å². The summed E-state index contributed by atoms with van der Waals surface area (Å²) in [6.45, 7) is 1.82. The molecule has 0 aromatic carbocycles. The Hall–Kier alpha value is 0.0600. The normalized spacial score (nSPS) is 11.3. The molecule has 0 spiro atoms. The highest BCUT2D eigenvalue weighted by atomic mass is 31.1. The minimum absolute atomic E-state index is 0.617. The van der Waals surface area contributed by atoms with Crippen LogP contribution in [-0.2, 0) is 9.09 Å². The summed E-state index contributed by atoms with van der Waals surface area (Å²) >= 11 is 0. The lowest BCUT2D eigenvalue weighted by atomic mass is 11.0. The van der Waals surface area contributed by atoms with E-state index in [1.54, 1.807) is 0 Å². The van der Waals surface area contributed by atoms with Gasteiger partial charge < -0.3 is 4.52 Å². The molecule has 1 unspecified atom stereocenters. The Morgan fingerprint density at radius 2 is 2.33 bits per heavy atom. The molecule has 0 bridgehead atoms. The molecule has 0 amide bonds. The fraction of sp³-hybridized carbons (Fsp3) is 1.00. The Labute approximate surface area is 38.4 Å². The van der Waals surface area contributed by atoms with Gasteiger partial charge in [0.2, 0.25) is 8.03 Å². The van der Waals surface area contributed by atoms with E-state index in [9.17, 15) is 4.57 Å². The average molecular weight is 107 g/mol. The molecule has 2 nitrogen and oxygen atoms in total. The van der Waals surface area contributed by atoms with Crippen molar-refractivity contribution in [1.82, 2.24) is 0 Å². The molecule has 0 aliphatic carbocycles. The van der Waals surface area contributed by atoms with Crippen molar-refractivity contribution in [3.8, 4) is 0 Å². The smallest absolute Gasteiger partial charge is 0.211 e. The molecular formula is C3H8O2P. The summed E-state index contributed by atoms with van der Waals surface area (Å²) in [4.78, 5) is 0. The molecule has 0 saturated carbocycles. The Morgan fingerprint density at radius 1 is 1.83 bits per heavy atom. The maximum absolute atomic E-state index is 10.1. The third-order valence-corrected chi connectivity index (χ3v) is 1.39. The minimum atomic E-state index is -1.33. The predicted molar refractivity (Wildman–Crippen MR) is 25.2 cm³/mol. The van der Waals surface area contributed by atoms with Crippen LogP contribution in [-0.4, -0.2) is 13.3 Å². The van der Waals surface area contributed by atoms with E-state index in [2.05, 4.69) is 4.52 Å². The van der Waals surface area contributed by atoms with Crippen LogP contribution in [0.25, 0.3) is 0 Å². The van der Waals surface area contributed by atoms with E-state index in [4.69, 9.17) is 0 Å². The molecule has 37 valence electrons. The van der Waals surface area contributed by atoms with Crippen molar-refractivity contribution in [3.05, 3.63) is 0 Å². The SMILES string of the molecule is CC[P](=O)OC. The zero-order chi connectivity index (χ0) is 4.99. The Balaban J connectivity index is 2.99. The quantitative estimate of drug-likeness (QED) is 0.498. The van der Waals surface area contributed by atoms with Crippen LogP contribution in [0.3, 0.4) is 0 Å². The van der Waals surface area contributed by atoms with Gasteiger partial charge in [-0.2, -0.15) is 0 Å². The number of rotatable bonds is 2. The maximum atomic E-state index is 10.1. The summed E-state index contributed by atoms with van der Waals surface area (Å²) in [6, 6.07) is 0. The molecule has 0 aromatic heterocycles. The van der Waals surface area contributed by atoms with E-state index in [-0.39, 0.29) is 0 Å². The van der Waals surface area contributed by atoms with Gasteiger partial charge in [-0.25, -0.2) is 0 Å². The van der Waals surface area contributed by atoms with Crippen molar-refractivity contribution in [2.24, 2.45) is 0 Å². The van der Waals surface area contributed by atoms with Gasteiger partial charge in [-0.3, -0.25) is 4.57 Å². The van der Waals surface area contributed by atoms with Crippen molar-refractivity contribution in [3.63, 3.8) is 0 Å². The molecule has 0 rings (SSSR count). The van der Waals surface area contributed by atoms with E-state index in [1.165, 1.54) is 7.11 Å². The van der Waals surface area contributed by atoms with Gasteiger partial charge in [0.25, 0.3) is 0 Å². The van der Waals surface area contributed by atoms with Crippen molar-refractivity contribution >= 4 is 8.03 Å².